The topological polar surface area (TPSA) is 101 Å². The lowest BCUT2D eigenvalue weighted by molar-refractivity contribution is -0.385. The van der Waals surface area contributed by atoms with Gasteiger partial charge in [-0.1, -0.05) is 17.7 Å². The number of hydrogen-bond donors (Lipinski definition) is 0. The van der Waals surface area contributed by atoms with Crippen molar-refractivity contribution in [1.82, 2.24) is 4.98 Å². The minimum absolute atomic E-state index is 0.00452. The average Bonchev–Trinajstić information content (AvgIpc) is 2.67. The highest BCUT2D eigenvalue weighted by Crippen LogP contribution is 2.37. The molecule has 1 aromatic carbocycles. The van der Waals surface area contributed by atoms with Gasteiger partial charge in [-0.25, -0.2) is 9.78 Å². The number of methoxy groups -OCH3 is 1. The lowest BCUT2D eigenvalue weighted by Crippen LogP contribution is -2.08. The minimum atomic E-state index is -0.695. The van der Waals surface area contributed by atoms with Gasteiger partial charge in [-0.05, 0) is 44.5 Å². The van der Waals surface area contributed by atoms with Gasteiger partial charge in [-0.15, -0.1) is 0 Å². The quantitative estimate of drug-likeness (QED) is 0.344. The third-order valence-electron chi connectivity index (χ3n) is 3.65. The van der Waals surface area contributed by atoms with Crippen LogP contribution in [0, 0.1) is 10.1 Å². The lowest BCUT2D eigenvalue weighted by atomic mass is 10.1. The van der Waals surface area contributed by atoms with Crippen molar-refractivity contribution in [2.75, 3.05) is 13.7 Å². The Balaban J connectivity index is 2.44. The molecule has 1 aromatic heterocycles. The summed E-state index contributed by atoms with van der Waals surface area (Å²) in [5.41, 5.74) is 0.588. The summed E-state index contributed by atoms with van der Waals surface area (Å²) in [6.45, 7) is 5.53. The van der Waals surface area contributed by atoms with Gasteiger partial charge in [0, 0.05) is 6.07 Å². The molecule has 2 rings (SSSR count). The largest absolute Gasteiger partial charge is 0.493 e. The summed E-state index contributed by atoms with van der Waals surface area (Å²) in [6.07, 6.45) is 4.20. The number of carbonyl (C=O) groups excluding carboxylic acids is 1. The van der Waals surface area contributed by atoms with Gasteiger partial charge in [0.05, 0.1) is 41.0 Å². The van der Waals surface area contributed by atoms with E-state index in [2.05, 4.69) is 4.98 Å². The van der Waals surface area contributed by atoms with E-state index in [0.29, 0.717) is 22.1 Å². The number of esters is 1. The Labute approximate surface area is 173 Å². The standard InChI is InChI=1S/C20H21ClN2O6/c1-5-28-20(24)15-10-14(23(25)26)11-22-17(15)7-6-13-8-16(21)19(29-12(2)3)18(9-13)27-4/h6-12H,5H2,1-4H3/b7-6+. The predicted molar refractivity (Wildman–Crippen MR) is 110 cm³/mol. The molecule has 0 N–H and O–H groups in total. The van der Waals surface area contributed by atoms with Gasteiger partial charge >= 0.3 is 5.97 Å². The highest BCUT2D eigenvalue weighted by atomic mass is 35.5. The zero-order valence-corrected chi connectivity index (χ0v) is 17.2. The van der Waals surface area contributed by atoms with Crippen molar-refractivity contribution in [2.45, 2.75) is 26.9 Å². The average molecular weight is 421 g/mol. The predicted octanol–water partition coefficient (Wildman–Crippen LogP) is 4.79. The van der Waals surface area contributed by atoms with E-state index in [1.165, 1.54) is 7.11 Å². The van der Waals surface area contributed by atoms with E-state index in [-0.39, 0.29) is 29.7 Å². The molecule has 0 saturated carbocycles. The van der Waals surface area contributed by atoms with Crippen LogP contribution >= 0.6 is 11.6 Å². The number of rotatable bonds is 8. The van der Waals surface area contributed by atoms with E-state index in [9.17, 15) is 14.9 Å². The summed E-state index contributed by atoms with van der Waals surface area (Å²) < 4.78 is 16.0. The Hall–Kier alpha value is -3.13. The van der Waals surface area contributed by atoms with Crippen molar-refractivity contribution < 1.29 is 23.9 Å². The molecular weight excluding hydrogens is 400 g/mol. The van der Waals surface area contributed by atoms with Crippen molar-refractivity contribution >= 4 is 35.4 Å². The van der Waals surface area contributed by atoms with E-state index < -0.39 is 10.9 Å². The first-order valence-electron chi connectivity index (χ1n) is 8.80. The molecule has 0 aliphatic carbocycles. The van der Waals surface area contributed by atoms with Crippen LogP contribution < -0.4 is 9.47 Å². The summed E-state index contributed by atoms with van der Waals surface area (Å²) in [7, 11) is 1.50. The van der Waals surface area contributed by atoms with Crippen LogP contribution in [0.2, 0.25) is 5.02 Å². The van der Waals surface area contributed by atoms with Crippen molar-refractivity contribution in [3.63, 3.8) is 0 Å². The molecule has 2 aromatic rings. The molecule has 0 unspecified atom stereocenters. The van der Waals surface area contributed by atoms with Crippen LogP contribution in [0.15, 0.2) is 24.4 Å². The van der Waals surface area contributed by atoms with Gasteiger partial charge in [0.1, 0.15) is 6.20 Å². The second-order valence-electron chi connectivity index (χ2n) is 6.14. The maximum Gasteiger partial charge on any atom is 0.340 e. The summed E-state index contributed by atoms with van der Waals surface area (Å²) >= 11 is 6.31. The van der Waals surface area contributed by atoms with E-state index in [1.54, 1.807) is 31.2 Å². The molecule has 29 heavy (non-hydrogen) atoms. The van der Waals surface area contributed by atoms with E-state index in [0.717, 1.165) is 12.3 Å². The Morgan fingerprint density at radius 1 is 1.31 bits per heavy atom. The van der Waals surface area contributed by atoms with Crippen molar-refractivity contribution in [3.05, 3.63) is 56.4 Å². The van der Waals surface area contributed by atoms with Gasteiger partial charge < -0.3 is 14.2 Å². The van der Waals surface area contributed by atoms with Crippen LogP contribution in [0.4, 0.5) is 5.69 Å². The molecule has 0 saturated heterocycles. The zero-order chi connectivity index (χ0) is 21.6. The summed E-state index contributed by atoms with van der Waals surface area (Å²) in [6, 6.07) is 4.53. The van der Waals surface area contributed by atoms with Gasteiger partial charge in [0.15, 0.2) is 11.5 Å². The van der Waals surface area contributed by atoms with Crippen LogP contribution in [-0.2, 0) is 4.74 Å². The molecule has 8 nitrogen and oxygen atoms in total. The maximum atomic E-state index is 12.2. The fourth-order valence-corrected chi connectivity index (χ4v) is 2.69. The maximum absolute atomic E-state index is 12.2. The summed E-state index contributed by atoms with van der Waals surface area (Å²) in [5.74, 6) is 0.190. The van der Waals surface area contributed by atoms with E-state index in [4.69, 9.17) is 25.8 Å². The smallest absolute Gasteiger partial charge is 0.340 e. The molecule has 0 fully saturated rings. The van der Waals surface area contributed by atoms with Gasteiger partial charge in [-0.3, -0.25) is 10.1 Å². The normalized spacial score (nSPS) is 11.0. The van der Waals surface area contributed by atoms with Gasteiger partial charge in [-0.2, -0.15) is 0 Å². The number of hydrogen-bond acceptors (Lipinski definition) is 7. The molecule has 0 radical (unpaired) electrons. The zero-order valence-electron chi connectivity index (χ0n) is 16.5. The first-order valence-corrected chi connectivity index (χ1v) is 9.18. The molecule has 0 atom stereocenters. The molecule has 9 heteroatoms. The summed E-state index contributed by atoms with van der Waals surface area (Å²) in [4.78, 5) is 26.6. The molecule has 0 bridgehead atoms. The number of aromatic nitrogens is 1. The minimum Gasteiger partial charge on any atom is -0.493 e. The first-order chi connectivity index (χ1) is 13.8. The second kappa shape index (κ2) is 9.88. The summed E-state index contributed by atoms with van der Waals surface area (Å²) in [5, 5.41) is 11.4. The Morgan fingerprint density at radius 3 is 2.62 bits per heavy atom. The molecule has 154 valence electrons. The molecule has 0 aliphatic rings. The Kier molecular flexibility index (Phi) is 7.55. The van der Waals surface area contributed by atoms with E-state index >= 15 is 0 Å². The van der Waals surface area contributed by atoms with Crippen molar-refractivity contribution in [2.24, 2.45) is 0 Å². The van der Waals surface area contributed by atoms with Crippen LogP contribution in [0.25, 0.3) is 12.2 Å². The molecular formula is C20H21ClN2O6. The molecule has 0 spiro atoms. The number of nitrogens with zero attached hydrogens (tertiary/aromatic N) is 2. The van der Waals surface area contributed by atoms with Crippen LogP contribution in [-0.4, -0.2) is 35.7 Å². The third kappa shape index (κ3) is 5.68. The molecule has 0 amide bonds. The fourth-order valence-electron chi connectivity index (χ4n) is 2.43. The van der Waals surface area contributed by atoms with Gasteiger partial charge in [0.25, 0.3) is 5.69 Å². The van der Waals surface area contributed by atoms with Crippen molar-refractivity contribution in [1.29, 1.82) is 0 Å². The first kappa shape index (κ1) is 22.2. The van der Waals surface area contributed by atoms with Crippen LogP contribution in [0.1, 0.15) is 42.4 Å². The highest BCUT2D eigenvalue weighted by Gasteiger charge is 2.18. The number of pyridine rings is 1. The fraction of sp³-hybridized carbons (Fsp3) is 0.300. The second-order valence-corrected chi connectivity index (χ2v) is 6.55. The van der Waals surface area contributed by atoms with Crippen LogP contribution in [0.3, 0.4) is 0 Å². The lowest BCUT2D eigenvalue weighted by Gasteiger charge is -2.15. The monoisotopic (exact) mass is 420 g/mol. The molecule has 1 heterocycles. The Morgan fingerprint density at radius 2 is 2.03 bits per heavy atom. The third-order valence-corrected chi connectivity index (χ3v) is 3.93. The van der Waals surface area contributed by atoms with Crippen molar-refractivity contribution in [3.8, 4) is 11.5 Å². The highest BCUT2D eigenvalue weighted by molar-refractivity contribution is 6.32. The number of benzene rings is 1. The Bertz CT molecular complexity index is 943. The van der Waals surface area contributed by atoms with Gasteiger partial charge in [0.2, 0.25) is 0 Å². The van der Waals surface area contributed by atoms with E-state index in [1.807, 2.05) is 13.8 Å². The molecule has 0 aliphatic heterocycles. The number of carbonyl (C=O) groups is 1. The van der Waals surface area contributed by atoms with Crippen LogP contribution in [0.5, 0.6) is 11.5 Å². The number of ether oxygens (including phenoxy) is 3. The SMILES string of the molecule is CCOC(=O)c1cc([N+](=O)[O-])cnc1/C=C/c1cc(Cl)c(OC(C)C)c(OC)c1. The number of halogens is 1. The number of nitro groups is 1.